The molecule has 1 atom stereocenters. The number of hydrogen-bond donors (Lipinski definition) is 0. The second kappa shape index (κ2) is 9.71. The van der Waals surface area contributed by atoms with Crippen LogP contribution in [0.5, 0.6) is 0 Å². The molecule has 2 aliphatic rings. The molecular weight excluding hydrogens is 488 g/mol. The van der Waals surface area contributed by atoms with E-state index in [0.29, 0.717) is 5.75 Å². The Bertz CT molecular complexity index is 1280. The van der Waals surface area contributed by atoms with E-state index in [1.807, 2.05) is 15.6 Å². The van der Waals surface area contributed by atoms with Crippen molar-refractivity contribution >= 4 is 40.7 Å². The van der Waals surface area contributed by atoms with E-state index >= 15 is 0 Å². The summed E-state index contributed by atoms with van der Waals surface area (Å²) < 4.78 is 1.94. The summed E-state index contributed by atoms with van der Waals surface area (Å²) >= 11 is 3.35. The fraction of sp³-hybridized carbons (Fsp3) is 0.464. The van der Waals surface area contributed by atoms with E-state index in [0.717, 1.165) is 59.8 Å². The Hall–Kier alpha value is -2.58. The molecule has 5 rings (SSSR count). The van der Waals surface area contributed by atoms with Crippen molar-refractivity contribution in [3.8, 4) is 5.69 Å². The average Bonchev–Trinajstić information content (AvgIpc) is 3.59. The van der Waals surface area contributed by atoms with Gasteiger partial charge >= 0.3 is 0 Å². The number of thiophene rings is 1. The predicted octanol–water partition coefficient (Wildman–Crippen LogP) is 5.64. The van der Waals surface area contributed by atoms with Gasteiger partial charge in [0, 0.05) is 28.9 Å². The maximum Gasteiger partial charge on any atom is 0.242 e. The third kappa shape index (κ3) is 4.50. The Morgan fingerprint density at radius 2 is 1.86 bits per heavy atom. The van der Waals surface area contributed by atoms with E-state index in [4.69, 9.17) is 5.10 Å². The van der Waals surface area contributed by atoms with Gasteiger partial charge in [0.05, 0.1) is 22.4 Å². The van der Waals surface area contributed by atoms with Gasteiger partial charge in [0.1, 0.15) is 12.4 Å². The Morgan fingerprint density at radius 3 is 2.53 bits per heavy atom. The molecule has 0 bridgehead atoms. The van der Waals surface area contributed by atoms with Gasteiger partial charge in [-0.3, -0.25) is 14.5 Å². The van der Waals surface area contributed by atoms with Crippen LogP contribution in [0.3, 0.4) is 0 Å². The van der Waals surface area contributed by atoms with Crippen LogP contribution in [-0.2, 0) is 15.0 Å². The Labute approximate surface area is 221 Å². The summed E-state index contributed by atoms with van der Waals surface area (Å²) in [4.78, 5) is 31.9. The van der Waals surface area contributed by atoms with Crippen LogP contribution in [0.15, 0.2) is 35.7 Å². The maximum atomic E-state index is 13.7. The molecule has 2 aromatic heterocycles. The molecule has 2 aliphatic heterocycles. The van der Waals surface area contributed by atoms with Crippen LogP contribution >= 0.6 is 23.1 Å². The van der Waals surface area contributed by atoms with Gasteiger partial charge in [-0.2, -0.15) is 5.10 Å². The van der Waals surface area contributed by atoms with Crippen LogP contribution in [0.1, 0.15) is 66.1 Å². The van der Waals surface area contributed by atoms with E-state index in [1.165, 1.54) is 4.88 Å². The van der Waals surface area contributed by atoms with Crippen LogP contribution in [0.25, 0.3) is 5.69 Å². The molecule has 3 aromatic rings. The van der Waals surface area contributed by atoms with E-state index in [-0.39, 0.29) is 29.0 Å². The quantitative estimate of drug-likeness (QED) is 0.445. The lowest BCUT2D eigenvalue weighted by Gasteiger charge is -2.26. The van der Waals surface area contributed by atoms with Gasteiger partial charge < -0.3 is 4.90 Å². The number of fused-ring (bicyclic) bond motifs is 1. The molecule has 0 N–H and O–H groups in total. The number of carbonyl (C=O) groups is 2. The highest BCUT2D eigenvalue weighted by atomic mass is 32.2. The van der Waals surface area contributed by atoms with Gasteiger partial charge in [-0.1, -0.05) is 39.0 Å². The molecule has 1 aromatic carbocycles. The first-order valence-electron chi connectivity index (χ1n) is 12.6. The topological polar surface area (TPSA) is 58.4 Å². The zero-order valence-corrected chi connectivity index (χ0v) is 23.3. The van der Waals surface area contributed by atoms with Gasteiger partial charge in [0.15, 0.2) is 0 Å². The summed E-state index contributed by atoms with van der Waals surface area (Å²) in [5, 5.41) is 7.28. The molecule has 6 nitrogen and oxygen atoms in total. The minimum atomic E-state index is -0.249. The lowest BCUT2D eigenvalue weighted by Crippen LogP contribution is -2.43. The highest BCUT2D eigenvalue weighted by Crippen LogP contribution is 2.49. The van der Waals surface area contributed by atoms with Crippen molar-refractivity contribution in [2.45, 2.75) is 58.1 Å². The molecule has 36 heavy (non-hydrogen) atoms. The molecule has 4 heterocycles. The predicted molar refractivity (Wildman–Crippen MR) is 149 cm³/mol. The molecular formula is C28H34N4O2S2. The third-order valence-corrected chi connectivity index (χ3v) is 9.48. The number of thioether (sulfide) groups is 1. The average molecular weight is 523 g/mol. The first-order valence-corrected chi connectivity index (χ1v) is 14.5. The number of benzene rings is 1. The van der Waals surface area contributed by atoms with Crippen molar-refractivity contribution in [2.24, 2.45) is 0 Å². The number of carbonyl (C=O) groups excluding carboxylic acids is 2. The number of aryl methyl sites for hydroxylation is 1. The van der Waals surface area contributed by atoms with Crippen LogP contribution in [-0.4, -0.2) is 51.9 Å². The summed E-state index contributed by atoms with van der Waals surface area (Å²) in [6, 6.07) is 10.4. The zero-order chi connectivity index (χ0) is 25.6. The van der Waals surface area contributed by atoms with Crippen molar-refractivity contribution in [1.82, 2.24) is 14.7 Å². The van der Waals surface area contributed by atoms with Gasteiger partial charge in [-0.15, -0.1) is 23.1 Å². The second-order valence-electron chi connectivity index (χ2n) is 10.7. The van der Waals surface area contributed by atoms with Crippen molar-refractivity contribution in [2.75, 3.05) is 30.3 Å². The number of anilines is 1. The highest BCUT2D eigenvalue weighted by Gasteiger charge is 2.40. The molecule has 1 unspecified atom stereocenters. The van der Waals surface area contributed by atoms with E-state index in [1.54, 1.807) is 28.0 Å². The Balaban J connectivity index is 1.77. The van der Waals surface area contributed by atoms with Gasteiger partial charge in [0.2, 0.25) is 11.8 Å². The summed E-state index contributed by atoms with van der Waals surface area (Å²) in [5.41, 5.74) is 5.00. The van der Waals surface area contributed by atoms with Crippen molar-refractivity contribution in [1.29, 1.82) is 0 Å². The largest absolute Gasteiger partial charge is 0.341 e. The number of aromatic nitrogens is 2. The SMILES string of the molecule is Cc1cccc(-n2nc(C(C)(C)C)c3c2N(CC(=O)N2CCCC2)C(=O)CSC3c2cccs2)c1C. The van der Waals surface area contributed by atoms with Crippen molar-refractivity contribution < 1.29 is 9.59 Å². The van der Waals surface area contributed by atoms with E-state index in [9.17, 15) is 9.59 Å². The lowest BCUT2D eigenvalue weighted by molar-refractivity contribution is -0.130. The lowest BCUT2D eigenvalue weighted by atomic mass is 9.88. The molecule has 0 saturated carbocycles. The summed E-state index contributed by atoms with van der Waals surface area (Å²) in [7, 11) is 0. The summed E-state index contributed by atoms with van der Waals surface area (Å²) in [5.74, 6) is 1.03. The Morgan fingerprint density at radius 1 is 1.11 bits per heavy atom. The van der Waals surface area contributed by atoms with Crippen molar-refractivity contribution in [3.63, 3.8) is 0 Å². The van der Waals surface area contributed by atoms with Crippen LogP contribution in [0, 0.1) is 13.8 Å². The normalized spacial score (nSPS) is 18.5. The number of nitrogens with zero attached hydrogens (tertiary/aromatic N) is 4. The molecule has 0 spiro atoms. The molecule has 1 fully saturated rings. The second-order valence-corrected chi connectivity index (χ2v) is 12.8. The minimum Gasteiger partial charge on any atom is -0.341 e. The Kier molecular flexibility index (Phi) is 6.76. The molecule has 1 saturated heterocycles. The van der Waals surface area contributed by atoms with Gasteiger partial charge in [-0.05, 0) is 55.3 Å². The van der Waals surface area contributed by atoms with Crippen LogP contribution in [0.4, 0.5) is 5.82 Å². The first kappa shape index (κ1) is 25.1. The molecule has 190 valence electrons. The van der Waals surface area contributed by atoms with Crippen LogP contribution < -0.4 is 4.90 Å². The standard InChI is InChI=1S/C28H34N4O2S2/c1-18-10-8-11-20(19(18)2)32-27-24(26(29-32)28(3,4)5)25(21-12-9-15-35-21)36-17-23(34)31(27)16-22(33)30-13-6-7-14-30/h8-12,15,25H,6-7,13-14,16-17H2,1-5H3. The fourth-order valence-electron chi connectivity index (χ4n) is 5.07. The molecule has 8 heteroatoms. The van der Waals surface area contributed by atoms with Gasteiger partial charge in [-0.25, -0.2) is 4.68 Å². The number of hydrogen-bond acceptors (Lipinski definition) is 5. The first-order chi connectivity index (χ1) is 17.2. The molecule has 0 aliphatic carbocycles. The summed E-state index contributed by atoms with van der Waals surface area (Å²) in [6.07, 6.45) is 2.05. The number of likely N-dealkylation sites (tertiary alicyclic amines) is 1. The van der Waals surface area contributed by atoms with Crippen molar-refractivity contribution in [3.05, 3.63) is 63.0 Å². The monoisotopic (exact) mass is 522 g/mol. The fourth-order valence-corrected chi connectivity index (χ4v) is 7.25. The van der Waals surface area contributed by atoms with E-state index in [2.05, 4.69) is 64.3 Å². The summed E-state index contributed by atoms with van der Waals surface area (Å²) in [6.45, 7) is 12.3. The zero-order valence-electron chi connectivity index (χ0n) is 21.7. The van der Waals surface area contributed by atoms with Crippen LogP contribution in [0.2, 0.25) is 0 Å². The van der Waals surface area contributed by atoms with Gasteiger partial charge in [0.25, 0.3) is 0 Å². The van der Waals surface area contributed by atoms with E-state index < -0.39 is 0 Å². The molecule has 0 radical (unpaired) electrons. The number of amides is 2. The smallest absolute Gasteiger partial charge is 0.242 e. The maximum absolute atomic E-state index is 13.7. The number of rotatable bonds is 4. The minimum absolute atomic E-state index is 0.0115. The highest BCUT2D eigenvalue weighted by molar-refractivity contribution is 8.00. The molecule has 2 amide bonds. The third-order valence-electron chi connectivity index (χ3n) is 7.16.